The molecule has 2 aliphatic heterocycles. The summed E-state index contributed by atoms with van der Waals surface area (Å²) in [7, 11) is 0. The van der Waals surface area contributed by atoms with Gasteiger partial charge in [-0.25, -0.2) is 0 Å². The van der Waals surface area contributed by atoms with E-state index in [9.17, 15) is 9.59 Å². The number of piperazine rings is 1. The van der Waals surface area contributed by atoms with Gasteiger partial charge in [0.1, 0.15) is 0 Å². The maximum atomic E-state index is 13.0. The number of fused-ring (bicyclic) bond motifs is 1. The van der Waals surface area contributed by atoms with Gasteiger partial charge in [0.15, 0.2) is 0 Å². The number of carbonyl (C=O) groups is 2. The molecule has 0 saturated carbocycles. The summed E-state index contributed by atoms with van der Waals surface area (Å²) < 4.78 is 0. The first kappa shape index (κ1) is 21.5. The second-order valence-corrected chi connectivity index (χ2v) is 8.56. The average Bonchev–Trinajstić information content (AvgIpc) is 3.11. The molecule has 0 aliphatic carbocycles. The minimum Gasteiger partial charge on any atom is -0.325 e. The molecule has 0 aromatic heterocycles. The first-order valence-corrected chi connectivity index (χ1v) is 11.3. The zero-order valence-corrected chi connectivity index (χ0v) is 18.5. The third-order valence-electron chi connectivity index (χ3n) is 6.34. The van der Waals surface area contributed by atoms with Gasteiger partial charge in [-0.15, -0.1) is 0 Å². The Morgan fingerprint density at radius 1 is 0.935 bits per heavy atom. The number of benzene rings is 2. The third kappa shape index (κ3) is 4.97. The molecule has 1 N–H and O–H groups in total. The van der Waals surface area contributed by atoms with Crippen molar-refractivity contribution in [3.63, 3.8) is 0 Å². The highest BCUT2D eigenvalue weighted by Crippen LogP contribution is 2.31. The lowest BCUT2D eigenvalue weighted by atomic mass is 10.1. The molecule has 6 heteroatoms. The topological polar surface area (TPSA) is 55.9 Å². The summed E-state index contributed by atoms with van der Waals surface area (Å²) in [5, 5.41) is 3.05. The Bertz CT molecular complexity index is 937. The molecule has 0 bridgehead atoms. The number of anilines is 2. The van der Waals surface area contributed by atoms with E-state index in [0.29, 0.717) is 13.1 Å². The summed E-state index contributed by atoms with van der Waals surface area (Å²) >= 11 is 0. The van der Waals surface area contributed by atoms with Crippen LogP contribution in [0.15, 0.2) is 48.5 Å². The van der Waals surface area contributed by atoms with Gasteiger partial charge >= 0.3 is 0 Å². The van der Waals surface area contributed by atoms with E-state index in [-0.39, 0.29) is 17.9 Å². The second-order valence-electron chi connectivity index (χ2n) is 8.56. The van der Waals surface area contributed by atoms with Crippen LogP contribution in [0.4, 0.5) is 11.4 Å². The molecule has 164 valence electrons. The summed E-state index contributed by atoms with van der Waals surface area (Å²) in [6.07, 6.45) is 1.81. The van der Waals surface area contributed by atoms with Crippen LogP contribution in [0.25, 0.3) is 0 Å². The molecule has 0 unspecified atom stereocenters. The molecule has 1 atom stereocenters. The summed E-state index contributed by atoms with van der Waals surface area (Å²) in [4.78, 5) is 31.9. The van der Waals surface area contributed by atoms with Gasteiger partial charge in [-0.3, -0.25) is 19.4 Å². The maximum Gasteiger partial charge on any atom is 0.241 e. The van der Waals surface area contributed by atoms with Gasteiger partial charge in [0, 0.05) is 43.6 Å². The fourth-order valence-corrected chi connectivity index (χ4v) is 4.66. The molecule has 2 aliphatic rings. The smallest absolute Gasteiger partial charge is 0.241 e. The van der Waals surface area contributed by atoms with Crippen LogP contribution in [0.5, 0.6) is 0 Å². The normalized spacial score (nSPS) is 19.3. The Kier molecular flexibility index (Phi) is 6.68. The van der Waals surface area contributed by atoms with Crippen LogP contribution in [-0.4, -0.2) is 66.9 Å². The van der Waals surface area contributed by atoms with E-state index in [0.717, 1.165) is 56.0 Å². The first-order chi connectivity index (χ1) is 15.0. The van der Waals surface area contributed by atoms with Crippen molar-refractivity contribution >= 4 is 23.2 Å². The number of aryl methyl sites for hydroxylation is 1. The number of hydrogen-bond donors (Lipinski definition) is 1. The number of nitrogens with zero attached hydrogens (tertiary/aromatic N) is 3. The first-order valence-electron chi connectivity index (χ1n) is 11.3. The van der Waals surface area contributed by atoms with Crippen LogP contribution in [0.1, 0.15) is 25.0 Å². The monoisotopic (exact) mass is 420 g/mol. The average molecular weight is 421 g/mol. The largest absolute Gasteiger partial charge is 0.325 e. The standard InChI is InChI=1S/C25H32N4O2/c1-3-20-8-4-6-10-22(20)26-24(30)17-27-12-14-28(15-13-27)18-25(31)29-19(2)16-21-9-5-7-11-23(21)29/h4-11,19H,3,12-18H2,1-2H3,(H,26,30)/t19-/m1/s1. The van der Waals surface area contributed by atoms with E-state index >= 15 is 0 Å². The molecular weight excluding hydrogens is 388 g/mol. The van der Waals surface area contributed by atoms with Crippen molar-refractivity contribution in [2.75, 3.05) is 49.5 Å². The van der Waals surface area contributed by atoms with Crippen molar-refractivity contribution < 1.29 is 9.59 Å². The minimum absolute atomic E-state index is 0.0212. The predicted molar refractivity (Wildman–Crippen MR) is 124 cm³/mol. The summed E-state index contributed by atoms with van der Waals surface area (Å²) in [6, 6.07) is 16.4. The Labute approximate surface area is 184 Å². The van der Waals surface area contributed by atoms with E-state index in [1.807, 2.05) is 47.4 Å². The zero-order chi connectivity index (χ0) is 21.8. The third-order valence-corrected chi connectivity index (χ3v) is 6.34. The molecule has 0 spiro atoms. The summed E-state index contributed by atoms with van der Waals surface area (Å²) in [6.45, 7) is 8.21. The molecular formula is C25H32N4O2. The van der Waals surface area contributed by atoms with Gasteiger partial charge in [-0.1, -0.05) is 43.3 Å². The molecule has 2 aromatic rings. The lowest BCUT2D eigenvalue weighted by molar-refractivity contribution is -0.121. The van der Waals surface area contributed by atoms with Crippen LogP contribution in [0, 0.1) is 0 Å². The highest BCUT2D eigenvalue weighted by Gasteiger charge is 2.32. The van der Waals surface area contributed by atoms with Crippen LogP contribution < -0.4 is 10.2 Å². The molecule has 31 heavy (non-hydrogen) atoms. The van der Waals surface area contributed by atoms with Crippen LogP contribution in [0.3, 0.4) is 0 Å². The van der Waals surface area contributed by atoms with E-state index in [1.54, 1.807) is 0 Å². The molecule has 0 radical (unpaired) electrons. The van der Waals surface area contributed by atoms with Crippen molar-refractivity contribution in [2.24, 2.45) is 0 Å². The Hall–Kier alpha value is -2.70. The van der Waals surface area contributed by atoms with Gasteiger partial charge in [-0.05, 0) is 43.0 Å². The highest BCUT2D eigenvalue weighted by molar-refractivity contribution is 5.97. The highest BCUT2D eigenvalue weighted by atomic mass is 16.2. The molecule has 6 nitrogen and oxygen atoms in total. The van der Waals surface area contributed by atoms with E-state index in [1.165, 1.54) is 5.56 Å². The van der Waals surface area contributed by atoms with Crippen molar-refractivity contribution in [3.05, 3.63) is 59.7 Å². The second kappa shape index (κ2) is 9.62. The summed E-state index contributed by atoms with van der Waals surface area (Å²) in [5.41, 5.74) is 4.36. The lowest BCUT2D eigenvalue weighted by Crippen LogP contribution is -2.52. The quantitative estimate of drug-likeness (QED) is 0.781. The van der Waals surface area contributed by atoms with Crippen molar-refractivity contribution in [1.82, 2.24) is 9.80 Å². The number of hydrogen-bond acceptors (Lipinski definition) is 4. The van der Waals surface area contributed by atoms with Crippen LogP contribution in [0.2, 0.25) is 0 Å². The van der Waals surface area contributed by atoms with E-state index < -0.39 is 0 Å². The predicted octanol–water partition coefficient (Wildman–Crippen LogP) is 2.78. The van der Waals surface area contributed by atoms with Crippen LogP contribution >= 0.6 is 0 Å². The van der Waals surface area contributed by atoms with Crippen molar-refractivity contribution in [1.29, 1.82) is 0 Å². The van der Waals surface area contributed by atoms with Gasteiger partial charge in [0.2, 0.25) is 11.8 Å². The number of para-hydroxylation sites is 2. The van der Waals surface area contributed by atoms with Gasteiger partial charge in [0.25, 0.3) is 0 Å². The van der Waals surface area contributed by atoms with Gasteiger partial charge in [0.05, 0.1) is 13.1 Å². The van der Waals surface area contributed by atoms with Gasteiger partial charge < -0.3 is 10.2 Å². The van der Waals surface area contributed by atoms with Crippen molar-refractivity contribution in [3.8, 4) is 0 Å². The molecule has 1 saturated heterocycles. The maximum absolute atomic E-state index is 13.0. The fourth-order valence-electron chi connectivity index (χ4n) is 4.66. The van der Waals surface area contributed by atoms with E-state index in [2.05, 4.69) is 35.0 Å². The van der Waals surface area contributed by atoms with E-state index in [4.69, 9.17) is 0 Å². The Morgan fingerprint density at radius 3 is 2.32 bits per heavy atom. The number of nitrogens with one attached hydrogen (secondary N) is 1. The molecule has 2 amide bonds. The number of rotatable bonds is 6. The SMILES string of the molecule is CCc1ccccc1NC(=O)CN1CCN(CC(=O)N2c3ccccc3C[C@H]2C)CC1. The Balaban J connectivity index is 1.25. The van der Waals surface area contributed by atoms with Gasteiger partial charge in [-0.2, -0.15) is 0 Å². The minimum atomic E-state index is 0.0212. The Morgan fingerprint density at radius 2 is 1.58 bits per heavy atom. The fraction of sp³-hybridized carbons (Fsp3) is 0.440. The molecule has 2 heterocycles. The molecule has 2 aromatic carbocycles. The van der Waals surface area contributed by atoms with Crippen LogP contribution in [-0.2, 0) is 22.4 Å². The molecule has 1 fully saturated rings. The number of amides is 2. The number of carbonyl (C=O) groups excluding carboxylic acids is 2. The summed E-state index contributed by atoms with van der Waals surface area (Å²) in [5.74, 6) is 0.188. The zero-order valence-electron chi connectivity index (χ0n) is 18.5. The van der Waals surface area contributed by atoms with Crippen molar-refractivity contribution in [2.45, 2.75) is 32.7 Å². The lowest BCUT2D eigenvalue weighted by Gasteiger charge is -2.35. The molecule has 4 rings (SSSR count).